The summed E-state index contributed by atoms with van der Waals surface area (Å²) < 4.78 is 7.58. The quantitative estimate of drug-likeness (QED) is 0.121. The molecule has 0 amide bonds. The molecule has 0 saturated carbocycles. The standard InChI is InChI=1S/C78H52N4S2/c1-7-19-53(20-8-1)59-43-60(54-21-9-2-10-22-54)46-69(45-59)79(63-27-15-5-16-28-63)65-31-35-67(36-32-65)81-73-49-57-39-41-83-75(57)51-71(73)78-77(81)72-52-76-58(40-42-84-76)50-74(72)82(78)68-37-33-66(34-38-68)80(64-29-17-6-18-30-64)70-47-61(55-23-11-3-12-24-55)44-62(48-70)56-25-13-4-14-26-56/h1-52H. The van der Waals surface area contributed by atoms with Gasteiger partial charge in [0.1, 0.15) is 0 Å². The monoisotopic (exact) mass is 1110 g/mol. The van der Waals surface area contributed by atoms with Crippen LogP contribution < -0.4 is 9.80 Å². The Morgan fingerprint density at radius 1 is 0.238 bits per heavy atom. The Kier molecular flexibility index (Phi) is 12.2. The fraction of sp³-hybridized carbons (Fsp3) is 0. The van der Waals surface area contributed by atoms with E-state index in [9.17, 15) is 0 Å². The van der Waals surface area contributed by atoms with Crippen LogP contribution in [0.25, 0.3) is 109 Å². The summed E-state index contributed by atoms with van der Waals surface area (Å²) in [7, 11) is 0. The number of thiophene rings is 2. The lowest BCUT2D eigenvalue weighted by molar-refractivity contribution is 1.17. The first-order valence-electron chi connectivity index (χ1n) is 28.4. The summed E-state index contributed by atoms with van der Waals surface area (Å²) in [6.07, 6.45) is 0. The van der Waals surface area contributed by atoms with Gasteiger partial charge < -0.3 is 18.9 Å². The van der Waals surface area contributed by atoms with Gasteiger partial charge in [0.25, 0.3) is 0 Å². The van der Waals surface area contributed by atoms with Crippen molar-refractivity contribution in [2.24, 2.45) is 0 Å². The van der Waals surface area contributed by atoms with Crippen LogP contribution in [-0.4, -0.2) is 9.13 Å². The van der Waals surface area contributed by atoms with Crippen LogP contribution >= 0.6 is 22.7 Å². The predicted molar refractivity (Wildman–Crippen MR) is 359 cm³/mol. The molecule has 4 aromatic heterocycles. The molecule has 0 radical (unpaired) electrons. The molecule has 0 aliphatic carbocycles. The van der Waals surface area contributed by atoms with Crippen molar-refractivity contribution in [1.29, 1.82) is 0 Å². The van der Waals surface area contributed by atoms with Crippen molar-refractivity contribution in [3.05, 3.63) is 314 Å². The van der Waals surface area contributed by atoms with Crippen LogP contribution in [0.2, 0.25) is 0 Å². The number of hydrogen-bond donors (Lipinski definition) is 0. The maximum absolute atomic E-state index is 2.52. The van der Waals surface area contributed by atoms with E-state index in [1.54, 1.807) is 22.7 Å². The van der Waals surface area contributed by atoms with E-state index in [2.05, 4.69) is 333 Å². The molecule has 4 heterocycles. The van der Waals surface area contributed by atoms with Gasteiger partial charge >= 0.3 is 0 Å². The first kappa shape index (κ1) is 49.3. The van der Waals surface area contributed by atoms with E-state index < -0.39 is 0 Å². The molecule has 0 N–H and O–H groups in total. The number of rotatable bonds is 12. The van der Waals surface area contributed by atoms with Gasteiger partial charge in [-0.15, -0.1) is 22.7 Å². The fourth-order valence-corrected chi connectivity index (χ4v) is 14.1. The second kappa shape index (κ2) is 20.8. The molecule has 0 atom stereocenters. The van der Waals surface area contributed by atoms with Gasteiger partial charge in [-0.3, -0.25) is 0 Å². The van der Waals surface area contributed by atoms with E-state index in [-0.39, 0.29) is 0 Å². The highest BCUT2D eigenvalue weighted by Gasteiger charge is 2.25. The summed E-state index contributed by atoms with van der Waals surface area (Å²) in [4.78, 5) is 4.79. The van der Waals surface area contributed by atoms with Crippen molar-refractivity contribution in [1.82, 2.24) is 9.13 Å². The Hall–Kier alpha value is -10.5. The van der Waals surface area contributed by atoms with Crippen LogP contribution in [-0.2, 0) is 0 Å². The van der Waals surface area contributed by atoms with E-state index in [1.807, 2.05) is 0 Å². The minimum absolute atomic E-state index is 1.07. The van der Waals surface area contributed by atoms with Crippen molar-refractivity contribution in [2.45, 2.75) is 0 Å². The maximum atomic E-state index is 2.52. The van der Waals surface area contributed by atoms with Crippen LogP contribution in [0.1, 0.15) is 0 Å². The van der Waals surface area contributed by atoms with E-state index in [4.69, 9.17) is 0 Å². The number of hydrogen-bond acceptors (Lipinski definition) is 4. The van der Waals surface area contributed by atoms with Gasteiger partial charge in [-0.25, -0.2) is 0 Å². The van der Waals surface area contributed by atoms with Gasteiger partial charge in [0, 0.05) is 65.7 Å². The highest BCUT2D eigenvalue weighted by molar-refractivity contribution is 7.17. The smallest absolute Gasteiger partial charge is 0.0804 e. The lowest BCUT2D eigenvalue weighted by atomic mass is 9.97. The summed E-state index contributed by atoms with van der Waals surface area (Å²) in [5.41, 5.74) is 22.7. The second-order valence-corrected chi connectivity index (χ2v) is 23.3. The van der Waals surface area contributed by atoms with E-state index in [0.29, 0.717) is 0 Å². The summed E-state index contributed by atoms with van der Waals surface area (Å²) in [5, 5.41) is 9.33. The van der Waals surface area contributed by atoms with Crippen molar-refractivity contribution >= 4 is 110 Å². The van der Waals surface area contributed by atoms with E-state index in [1.165, 1.54) is 75.3 Å². The largest absolute Gasteiger partial charge is 0.310 e. The van der Waals surface area contributed by atoms with Crippen LogP contribution in [0.3, 0.4) is 0 Å². The molecule has 0 bridgehead atoms. The van der Waals surface area contributed by atoms with E-state index in [0.717, 1.165) is 67.8 Å². The van der Waals surface area contributed by atoms with Crippen molar-refractivity contribution in [3.63, 3.8) is 0 Å². The van der Waals surface area contributed by atoms with Crippen LogP contribution in [0.5, 0.6) is 0 Å². The molecule has 16 rings (SSSR count). The zero-order valence-electron chi connectivity index (χ0n) is 45.6. The molecule has 6 heteroatoms. The van der Waals surface area contributed by atoms with Crippen molar-refractivity contribution in [3.8, 4) is 55.9 Å². The lowest BCUT2D eigenvalue weighted by Crippen LogP contribution is -2.10. The van der Waals surface area contributed by atoms with Crippen LogP contribution in [0, 0.1) is 0 Å². The van der Waals surface area contributed by atoms with E-state index >= 15 is 0 Å². The summed E-state index contributed by atoms with van der Waals surface area (Å²) in [6.45, 7) is 0. The molecule has 396 valence electrons. The summed E-state index contributed by atoms with van der Waals surface area (Å²) in [6, 6.07) is 111. The fourth-order valence-electron chi connectivity index (χ4n) is 12.4. The Morgan fingerprint density at radius 3 is 0.857 bits per heavy atom. The zero-order chi connectivity index (χ0) is 55.5. The van der Waals surface area contributed by atoms with Crippen LogP contribution in [0.15, 0.2) is 314 Å². The zero-order valence-corrected chi connectivity index (χ0v) is 47.3. The highest BCUT2D eigenvalue weighted by Crippen LogP contribution is 2.47. The third kappa shape index (κ3) is 8.75. The van der Waals surface area contributed by atoms with Gasteiger partial charge in [0.2, 0.25) is 0 Å². The minimum atomic E-state index is 1.07. The molecule has 0 spiro atoms. The van der Waals surface area contributed by atoms with Gasteiger partial charge in [-0.2, -0.15) is 0 Å². The average molecular weight is 1110 g/mol. The lowest BCUT2D eigenvalue weighted by Gasteiger charge is -2.27. The molecule has 4 nitrogen and oxygen atoms in total. The Morgan fingerprint density at radius 2 is 0.536 bits per heavy atom. The summed E-state index contributed by atoms with van der Waals surface area (Å²) in [5.74, 6) is 0. The molecule has 0 fully saturated rings. The first-order chi connectivity index (χ1) is 41.6. The Bertz CT molecular complexity index is 4590. The SMILES string of the molecule is c1ccc(-c2cc(-c3ccccc3)cc(N(c3ccccc3)c3ccc(-n4c5cc6ccsc6cc5c5c4c4cc6sccc6cc4n5-c4ccc(N(c5ccccc5)c5cc(-c6ccccc6)cc(-c6ccccc6)c5)cc4)cc3)c2)cc1. The third-order valence-electron chi connectivity index (χ3n) is 16.3. The van der Waals surface area contributed by atoms with Crippen molar-refractivity contribution < 1.29 is 0 Å². The number of para-hydroxylation sites is 2. The number of aromatic nitrogens is 2. The topological polar surface area (TPSA) is 16.3 Å². The van der Waals surface area contributed by atoms with Gasteiger partial charge in [0.15, 0.2) is 0 Å². The predicted octanol–water partition coefficient (Wildman–Crippen LogP) is 22.8. The molecule has 84 heavy (non-hydrogen) atoms. The van der Waals surface area contributed by atoms with Crippen molar-refractivity contribution in [2.75, 3.05) is 9.80 Å². The average Bonchev–Trinajstić information content (AvgIpc) is 1.60. The second-order valence-electron chi connectivity index (χ2n) is 21.4. The Labute approximate surface area is 495 Å². The van der Waals surface area contributed by atoms with Gasteiger partial charge in [0.05, 0.1) is 22.1 Å². The highest BCUT2D eigenvalue weighted by atomic mass is 32.1. The van der Waals surface area contributed by atoms with Gasteiger partial charge in [-0.05, 0) is 212 Å². The minimum Gasteiger partial charge on any atom is -0.310 e. The molecular formula is C78H52N4S2. The summed E-state index contributed by atoms with van der Waals surface area (Å²) >= 11 is 3.60. The molecule has 12 aromatic carbocycles. The molecule has 0 aliphatic rings. The number of fused-ring (bicyclic) bond motifs is 7. The van der Waals surface area contributed by atoms with Gasteiger partial charge in [-0.1, -0.05) is 158 Å². The number of anilines is 6. The number of benzene rings is 12. The maximum Gasteiger partial charge on any atom is 0.0804 e. The third-order valence-corrected chi connectivity index (χ3v) is 18.1. The first-order valence-corrected chi connectivity index (χ1v) is 30.2. The normalized spacial score (nSPS) is 11.6. The number of nitrogens with zero attached hydrogens (tertiary/aromatic N) is 4. The molecule has 0 unspecified atom stereocenters. The molecular weight excluding hydrogens is 1060 g/mol. The molecule has 0 aliphatic heterocycles. The molecule has 0 saturated heterocycles. The molecule has 16 aromatic rings. The van der Waals surface area contributed by atoms with Crippen LogP contribution in [0.4, 0.5) is 34.1 Å². The Balaban J connectivity index is 0.875.